The van der Waals surface area contributed by atoms with Crippen LogP contribution in [0.3, 0.4) is 0 Å². The number of ether oxygens (including phenoxy) is 1. The van der Waals surface area contributed by atoms with Gasteiger partial charge in [-0.2, -0.15) is 0 Å². The van der Waals surface area contributed by atoms with Crippen LogP contribution in [-0.4, -0.2) is 67.8 Å². The summed E-state index contributed by atoms with van der Waals surface area (Å²) in [6.07, 6.45) is 3.93. The zero-order valence-electron chi connectivity index (χ0n) is 12.9. The van der Waals surface area contributed by atoms with Gasteiger partial charge in [-0.1, -0.05) is 13.8 Å². The van der Waals surface area contributed by atoms with Crippen LogP contribution in [0, 0.1) is 5.92 Å². The third-order valence-corrected chi connectivity index (χ3v) is 5.21. The van der Waals surface area contributed by atoms with Gasteiger partial charge in [0.05, 0.1) is 12.1 Å². The average molecular weight is 269 g/mol. The van der Waals surface area contributed by atoms with E-state index in [0.29, 0.717) is 6.04 Å². The van der Waals surface area contributed by atoms with Crippen molar-refractivity contribution in [1.29, 1.82) is 0 Å². The van der Waals surface area contributed by atoms with Crippen molar-refractivity contribution in [3.8, 4) is 0 Å². The normalized spacial score (nSPS) is 27.9. The Bertz CT molecular complexity index is 279. The predicted octanol–water partition coefficient (Wildman–Crippen LogP) is 1.16. The number of likely N-dealkylation sites (N-methyl/N-ethyl adjacent to an activating group) is 1. The summed E-state index contributed by atoms with van der Waals surface area (Å²) in [7, 11) is 1.81. The van der Waals surface area contributed by atoms with Gasteiger partial charge in [-0.15, -0.1) is 0 Å². The van der Waals surface area contributed by atoms with E-state index in [4.69, 9.17) is 10.5 Å². The Morgan fingerprint density at radius 2 is 1.95 bits per heavy atom. The molecular formula is C15H31N3O. The first-order chi connectivity index (χ1) is 9.21. The molecule has 1 saturated heterocycles. The van der Waals surface area contributed by atoms with E-state index in [1.165, 1.54) is 32.4 Å². The van der Waals surface area contributed by atoms with E-state index in [1.54, 1.807) is 0 Å². The minimum Gasteiger partial charge on any atom is -0.383 e. The second kappa shape index (κ2) is 6.53. The molecule has 0 amide bonds. The number of nitrogens with zero attached hydrogens (tertiary/aromatic N) is 2. The third-order valence-electron chi connectivity index (χ3n) is 5.21. The molecule has 2 fully saturated rings. The Hall–Kier alpha value is -0.160. The average Bonchev–Trinajstić information content (AvgIpc) is 3.17. The Morgan fingerprint density at radius 3 is 2.42 bits per heavy atom. The summed E-state index contributed by atoms with van der Waals surface area (Å²) >= 11 is 0. The SMILES string of the molecule is CCN(CC)C1CCN(C(CN)(COC)C2CC2)C1. The highest BCUT2D eigenvalue weighted by molar-refractivity contribution is 5.06. The van der Waals surface area contributed by atoms with Crippen molar-refractivity contribution in [3.63, 3.8) is 0 Å². The van der Waals surface area contributed by atoms with E-state index in [9.17, 15) is 0 Å². The summed E-state index contributed by atoms with van der Waals surface area (Å²) in [6, 6.07) is 0.705. The zero-order chi connectivity index (χ0) is 13.9. The van der Waals surface area contributed by atoms with Crippen LogP contribution in [0.5, 0.6) is 0 Å². The molecule has 0 radical (unpaired) electrons. The van der Waals surface area contributed by atoms with Crippen molar-refractivity contribution in [3.05, 3.63) is 0 Å². The monoisotopic (exact) mass is 269 g/mol. The fraction of sp³-hybridized carbons (Fsp3) is 1.00. The second-order valence-electron chi connectivity index (χ2n) is 6.12. The van der Waals surface area contributed by atoms with Gasteiger partial charge < -0.3 is 10.5 Å². The molecule has 1 aliphatic heterocycles. The maximum absolute atomic E-state index is 6.17. The lowest BCUT2D eigenvalue weighted by Gasteiger charge is -2.41. The molecule has 2 rings (SSSR count). The van der Waals surface area contributed by atoms with Crippen LogP contribution in [0.15, 0.2) is 0 Å². The molecule has 0 bridgehead atoms. The maximum atomic E-state index is 6.17. The van der Waals surface area contributed by atoms with Crippen LogP contribution < -0.4 is 5.73 Å². The van der Waals surface area contributed by atoms with E-state index in [-0.39, 0.29) is 5.54 Å². The molecule has 2 atom stereocenters. The number of hydrogen-bond acceptors (Lipinski definition) is 4. The van der Waals surface area contributed by atoms with Crippen molar-refractivity contribution in [1.82, 2.24) is 9.80 Å². The highest BCUT2D eigenvalue weighted by Crippen LogP contribution is 2.44. The fourth-order valence-corrected chi connectivity index (χ4v) is 3.88. The number of nitrogens with two attached hydrogens (primary N) is 1. The molecule has 112 valence electrons. The molecule has 4 nitrogen and oxygen atoms in total. The molecule has 2 N–H and O–H groups in total. The van der Waals surface area contributed by atoms with E-state index in [2.05, 4.69) is 23.6 Å². The van der Waals surface area contributed by atoms with E-state index < -0.39 is 0 Å². The smallest absolute Gasteiger partial charge is 0.0661 e. The molecular weight excluding hydrogens is 238 g/mol. The summed E-state index contributed by atoms with van der Waals surface area (Å²) < 4.78 is 5.53. The minimum absolute atomic E-state index is 0.108. The Labute approximate surface area is 118 Å². The van der Waals surface area contributed by atoms with Gasteiger partial charge in [-0.3, -0.25) is 9.80 Å². The van der Waals surface area contributed by atoms with Crippen molar-refractivity contribution in [2.45, 2.75) is 44.7 Å². The van der Waals surface area contributed by atoms with Crippen LogP contribution in [0.2, 0.25) is 0 Å². The molecule has 1 saturated carbocycles. The molecule has 1 heterocycles. The van der Waals surface area contributed by atoms with Gasteiger partial charge in [0.1, 0.15) is 0 Å². The lowest BCUT2D eigenvalue weighted by atomic mass is 9.92. The summed E-state index contributed by atoms with van der Waals surface area (Å²) in [5.41, 5.74) is 6.27. The van der Waals surface area contributed by atoms with Crippen LogP contribution in [0.1, 0.15) is 33.1 Å². The first-order valence-electron chi connectivity index (χ1n) is 7.89. The van der Waals surface area contributed by atoms with E-state index >= 15 is 0 Å². The summed E-state index contributed by atoms with van der Waals surface area (Å²) in [5.74, 6) is 0.757. The molecule has 0 aromatic heterocycles. The largest absolute Gasteiger partial charge is 0.383 e. The van der Waals surface area contributed by atoms with Crippen LogP contribution in [0.25, 0.3) is 0 Å². The zero-order valence-corrected chi connectivity index (χ0v) is 12.9. The highest BCUT2D eigenvalue weighted by atomic mass is 16.5. The first-order valence-corrected chi connectivity index (χ1v) is 7.89. The molecule has 2 unspecified atom stereocenters. The van der Waals surface area contributed by atoms with Gasteiger partial charge in [0.25, 0.3) is 0 Å². The van der Waals surface area contributed by atoms with Crippen LogP contribution >= 0.6 is 0 Å². The van der Waals surface area contributed by atoms with Crippen molar-refractivity contribution >= 4 is 0 Å². The second-order valence-corrected chi connectivity index (χ2v) is 6.12. The van der Waals surface area contributed by atoms with Gasteiger partial charge >= 0.3 is 0 Å². The summed E-state index contributed by atoms with van der Waals surface area (Å²) in [6.45, 7) is 10.7. The third kappa shape index (κ3) is 2.97. The van der Waals surface area contributed by atoms with Crippen LogP contribution in [-0.2, 0) is 4.74 Å². The summed E-state index contributed by atoms with van der Waals surface area (Å²) in [5, 5.41) is 0. The maximum Gasteiger partial charge on any atom is 0.0661 e. The molecule has 0 spiro atoms. The molecule has 0 aromatic carbocycles. The van der Waals surface area contributed by atoms with Crippen molar-refractivity contribution in [2.75, 3.05) is 46.4 Å². The lowest BCUT2D eigenvalue weighted by Crippen LogP contribution is -2.58. The quantitative estimate of drug-likeness (QED) is 0.718. The van der Waals surface area contributed by atoms with Gasteiger partial charge in [0, 0.05) is 32.8 Å². The van der Waals surface area contributed by atoms with Gasteiger partial charge in [0.2, 0.25) is 0 Å². The topological polar surface area (TPSA) is 41.7 Å². The molecule has 2 aliphatic rings. The van der Waals surface area contributed by atoms with Gasteiger partial charge in [-0.05, 0) is 38.3 Å². The van der Waals surface area contributed by atoms with Crippen molar-refractivity contribution in [2.24, 2.45) is 11.7 Å². The fourth-order valence-electron chi connectivity index (χ4n) is 3.88. The lowest BCUT2D eigenvalue weighted by molar-refractivity contribution is 0.00924. The number of methoxy groups -OCH3 is 1. The number of rotatable bonds is 8. The van der Waals surface area contributed by atoms with E-state index in [1.807, 2.05) is 7.11 Å². The van der Waals surface area contributed by atoms with Gasteiger partial charge in [0.15, 0.2) is 0 Å². The molecule has 4 heteroatoms. The number of likely N-dealkylation sites (tertiary alicyclic amines) is 1. The van der Waals surface area contributed by atoms with Crippen molar-refractivity contribution < 1.29 is 4.74 Å². The Kier molecular flexibility index (Phi) is 5.23. The van der Waals surface area contributed by atoms with E-state index in [0.717, 1.165) is 32.2 Å². The number of hydrogen-bond donors (Lipinski definition) is 1. The van der Waals surface area contributed by atoms with Crippen LogP contribution in [0.4, 0.5) is 0 Å². The Morgan fingerprint density at radius 1 is 1.26 bits per heavy atom. The summed E-state index contributed by atoms with van der Waals surface area (Å²) in [4.78, 5) is 5.22. The molecule has 1 aliphatic carbocycles. The minimum atomic E-state index is 0.108. The first kappa shape index (κ1) is 15.2. The Balaban J connectivity index is 2.03. The molecule has 19 heavy (non-hydrogen) atoms. The highest BCUT2D eigenvalue weighted by Gasteiger charge is 2.50. The molecule has 0 aromatic rings. The standard InChI is InChI=1S/C15H31N3O/c1-4-17(5-2)14-8-9-18(10-14)15(11-16,12-19-3)13-6-7-13/h13-14H,4-12,16H2,1-3H3. The van der Waals surface area contributed by atoms with Gasteiger partial charge in [-0.25, -0.2) is 0 Å². The predicted molar refractivity (Wildman–Crippen MR) is 79.3 cm³/mol.